The summed E-state index contributed by atoms with van der Waals surface area (Å²) in [6, 6.07) is -1.63. The van der Waals surface area contributed by atoms with Crippen molar-refractivity contribution in [3.8, 4) is 0 Å². The highest BCUT2D eigenvalue weighted by Gasteiger charge is 2.29. The molecule has 2 atom stereocenters. The van der Waals surface area contributed by atoms with E-state index in [4.69, 9.17) is 15.2 Å². The summed E-state index contributed by atoms with van der Waals surface area (Å²) in [4.78, 5) is 36.1. The molecule has 146 valence electrons. The first-order valence-electron chi connectivity index (χ1n) is 8.63. The molecular formula is C18H34N2O5. The molecule has 0 fully saturated rings. The van der Waals surface area contributed by atoms with E-state index < -0.39 is 35.2 Å². The van der Waals surface area contributed by atoms with Crippen molar-refractivity contribution in [3.63, 3.8) is 0 Å². The van der Waals surface area contributed by atoms with Crippen LogP contribution in [0, 0.1) is 5.92 Å². The van der Waals surface area contributed by atoms with Crippen LogP contribution in [0.3, 0.4) is 0 Å². The lowest BCUT2D eigenvalue weighted by atomic mass is 10.0. The minimum absolute atomic E-state index is 0.0203. The third-order valence-electron chi connectivity index (χ3n) is 3.04. The van der Waals surface area contributed by atoms with E-state index in [-0.39, 0.29) is 24.7 Å². The first-order valence-corrected chi connectivity index (χ1v) is 8.63. The molecule has 1 amide bonds. The Bertz CT molecular complexity index is 475. The van der Waals surface area contributed by atoms with Crippen molar-refractivity contribution in [2.45, 2.75) is 91.5 Å². The zero-order chi connectivity index (χ0) is 20.0. The van der Waals surface area contributed by atoms with Crippen molar-refractivity contribution in [1.82, 2.24) is 5.32 Å². The van der Waals surface area contributed by atoms with Gasteiger partial charge in [-0.25, -0.2) is 4.79 Å². The van der Waals surface area contributed by atoms with Gasteiger partial charge in [-0.05, 0) is 53.9 Å². The summed E-state index contributed by atoms with van der Waals surface area (Å²) in [5.41, 5.74) is 4.50. The van der Waals surface area contributed by atoms with E-state index in [1.807, 2.05) is 13.8 Å². The summed E-state index contributed by atoms with van der Waals surface area (Å²) in [7, 11) is 0. The quantitative estimate of drug-likeness (QED) is 0.673. The second-order valence-electron chi connectivity index (χ2n) is 8.50. The predicted molar refractivity (Wildman–Crippen MR) is 95.7 cm³/mol. The van der Waals surface area contributed by atoms with Gasteiger partial charge in [-0.2, -0.15) is 0 Å². The molecule has 0 saturated heterocycles. The monoisotopic (exact) mass is 358 g/mol. The Kier molecular flexibility index (Phi) is 8.58. The van der Waals surface area contributed by atoms with E-state index in [2.05, 4.69) is 5.32 Å². The maximum absolute atomic E-state index is 12.2. The number of carbonyl (C=O) groups excluding carboxylic acids is 3. The maximum Gasteiger partial charge on any atom is 0.329 e. The number of rotatable bonds is 7. The van der Waals surface area contributed by atoms with Gasteiger partial charge in [0, 0.05) is 6.42 Å². The summed E-state index contributed by atoms with van der Waals surface area (Å²) in [5.74, 6) is -1.51. The fraction of sp³-hybridized carbons (Fsp3) is 0.833. The third kappa shape index (κ3) is 10.8. The second-order valence-corrected chi connectivity index (χ2v) is 8.50. The molecule has 0 aromatic carbocycles. The zero-order valence-corrected chi connectivity index (χ0v) is 16.8. The molecule has 25 heavy (non-hydrogen) atoms. The van der Waals surface area contributed by atoms with E-state index in [0.717, 1.165) is 0 Å². The predicted octanol–water partition coefficient (Wildman–Crippen LogP) is 1.92. The molecule has 0 unspecified atom stereocenters. The minimum Gasteiger partial charge on any atom is -0.459 e. The van der Waals surface area contributed by atoms with E-state index in [9.17, 15) is 14.4 Å². The summed E-state index contributed by atoms with van der Waals surface area (Å²) in [5, 5.41) is 2.66. The van der Waals surface area contributed by atoms with Crippen LogP contribution in [-0.4, -0.2) is 41.1 Å². The average molecular weight is 358 g/mol. The summed E-state index contributed by atoms with van der Waals surface area (Å²) < 4.78 is 10.5. The van der Waals surface area contributed by atoms with Gasteiger partial charge < -0.3 is 20.5 Å². The molecule has 7 heteroatoms. The Morgan fingerprint density at radius 1 is 0.920 bits per heavy atom. The van der Waals surface area contributed by atoms with E-state index in [1.165, 1.54) is 0 Å². The standard InChI is InChI=1S/C18H34N2O5/c1-11(2)14(16(23)25-18(6,7)8)20-13(21)10-9-12(19)15(22)24-17(3,4)5/h11-12,14H,9-10,19H2,1-8H3,(H,20,21)/t12-,14-/m0/s1. The summed E-state index contributed by atoms with van der Waals surface area (Å²) in [6.07, 6.45) is 0.159. The molecule has 0 bridgehead atoms. The SMILES string of the molecule is CC(C)[C@H](NC(=O)CC[C@H](N)C(=O)OC(C)(C)C)C(=O)OC(C)(C)C. The lowest BCUT2D eigenvalue weighted by Gasteiger charge is -2.26. The van der Waals surface area contributed by atoms with Crippen LogP contribution in [0.15, 0.2) is 0 Å². The van der Waals surface area contributed by atoms with E-state index >= 15 is 0 Å². The van der Waals surface area contributed by atoms with Crippen LogP contribution in [-0.2, 0) is 23.9 Å². The molecular weight excluding hydrogens is 324 g/mol. The Morgan fingerprint density at radius 2 is 1.36 bits per heavy atom. The largest absolute Gasteiger partial charge is 0.459 e. The molecule has 3 N–H and O–H groups in total. The zero-order valence-electron chi connectivity index (χ0n) is 16.8. The summed E-state index contributed by atoms with van der Waals surface area (Å²) in [6.45, 7) is 14.2. The van der Waals surface area contributed by atoms with Crippen molar-refractivity contribution in [1.29, 1.82) is 0 Å². The molecule has 0 rings (SSSR count). The first kappa shape index (κ1) is 23.4. The van der Waals surface area contributed by atoms with Gasteiger partial charge in [0.05, 0.1) is 0 Å². The van der Waals surface area contributed by atoms with Crippen LogP contribution < -0.4 is 11.1 Å². The first-order chi connectivity index (χ1) is 11.1. The van der Waals surface area contributed by atoms with Crippen molar-refractivity contribution in [2.75, 3.05) is 0 Å². The topological polar surface area (TPSA) is 108 Å². The molecule has 0 aliphatic rings. The number of hydrogen-bond acceptors (Lipinski definition) is 6. The van der Waals surface area contributed by atoms with Gasteiger partial charge in [-0.3, -0.25) is 9.59 Å². The number of hydrogen-bond donors (Lipinski definition) is 2. The van der Waals surface area contributed by atoms with E-state index in [0.29, 0.717) is 0 Å². The number of carbonyl (C=O) groups is 3. The Morgan fingerprint density at radius 3 is 1.76 bits per heavy atom. The highest BCUT2D eigenvalue weighted by Crippen LogP contribution is 2.13. The fourth-order valence-corrected chi connectivity index (χ4v) is 1.89. The van der Waals surface area contributed by atoms with E-state index in [1.54, 1.807) is 41.5 Å². The van der Waals surface area contributed by atoms with Crippen molar-refractivity contribution < 1.29 is 23.9 Å². The van der Waals surface area contributed by atoms with Crippen molar-refractivity contribution in [3.05, 3.63) is 0 Å². The smallest absolute Gasteiger partial charge is 0.329 e. The highest BCUT2D eigenvalue weighted by molar-refractivity contribution is 5.85. The average Bonchev–Trinajstić information content (AvgIpc) is 2.37. The molecule has 0 radical (unpaired) electrons. The Hall–Kier alpha value is -1.63. The number of nitrogens with one attached hydrogen (secondary N) is 1. The second kappa shape index (κ2) is 9.17. The normalized spacial score (nSPS) is 14.6. The van der Waals surface area contributed by atoms with Crippen LogP contribution in [0.5, 0.6) is 0 Å². The molecule has 7 nitrogen and oxygen atoms in total. The number of nitrogens with two attached hydrogens (primary N) is 1. The van der Waals surface area contributed by atoms with Crippen molar-refractivity contribution in [2.24, 2.45) is 11.7 Å². The van der Waals surface area contributed by atoms with Crippen LogP contribution in [0.1, 0.15) is 68.2 Å². The van der Waals surface area contributed by atoms with Gasteiger partial charge >= 0.3 is 11.9 Å². The van der Waals surface area contributed by atoms with Gasteiger partial charge in [0.15, 0.2) is 0 Å². The lowest BCUT2D eigenvalue weighted by Crippen LogP contribution is -2.47. The van der Waals surface area contributed by atoms with Crippen LogP contribution in [0.4, 0.5) is 0 Å². The molecule has 0 saturated carbocycles. The maximum atomic E-state index is 12.2. The molecule has 0 spiro atoms. The van der Waals surface area contributed by atoms with Gasteiger partial charge in [-0.1, -0.05) is 13.8 Å². The molecule has 0 aliphatic heterocycles. The minimum atomic E-state index is -0.885. The molecule has 0 heterocycles. The molecule has 0 aromatic heterocycles. The van der Waals surface area contributed by atoms with Crippen molar-refractivity contribution >= 4 is 17.8 Å². The highest BCUT2D eigenvalue weighted by atomic mass is 16.6. The van der Waals surface area contributed by atoms with Crippen LogP contribution in [0.25, 0.3) is 0 Å². The number of amides is 1. The number of esters is 2. The Labute approximate surface area is 151 Å². The summed E-state index contributed by atoms with van der Waals surface area (Å²) >= 11 is 0. The third-order valence-corrected chi connectivity index (χ3v) is 3.04. The number of ether oxygens (including phenoxy) is 2. The molecule has 0 aromatic rings. The van der Waals surface area contributed by atoms with Gasteiger partial charge in [-0.15, -0.1) is 0 Å². The lowest BCUT2D eigenvalue weighted by molar-refractivity contribution is -0.160. The van der Waals surface area contributed by atoms with Gasteiger partial charge in [0.2, 0.25) is 5.91 Å². The van der Waals surface area contributed by atoms with Crippen LogP contribution in [0.2, 0.25) is 0 Å². The molecule has 0 aliphatic carbocycles. The van der Waals surface area contributed by atoms with Gasteiger partial charge in [0.1, 0.15) is 23.3 Å². The fourth-order valence-electron chi connectivity index (χ4n) is 1.89. The van der Waals surface area contributed by atoms with Crippen LogP contribution >= 0.6 is 0 Å². The van der Waals surface area contributed by atoms with Gasteiger partial charge in [0.25, 0.3) is 0 Å². The Balaban J connectivity index is 4.59.